The number of ether oxygens (including phenoxy) is 2. The Hall–Kier alpha value is -3.59. The van der Waals surface area contributed by atoms with Crippen LogP contribution >= 0.6 is 0 Å². The number of aromatic nitrogens is 1. The molecule has 140 valence electrons. The first-order valence-electron chi connectivity index (χ1n) is 8.98. The molecule has 0 radical (unpaired) electrons. The van der Waals surface area contributed by atoms with Crippen molar-refractivity contribution in [1.29, 1.82) is 5.26 Å². The molecule has 1 aliphatic carbocycles. The molecule has 28 heavy (non-hydrogen) atoms. The van der Waals surface area contributed by atoms with Crippen molar-refractivity contribution in [2.24, 2.45) is 0 Å². The fourth-order valence-electron chi connectivity index (χ4n) is 3.53. The van der Waals surface area contributed by atoms with E-state index < -0.39 is 11.9 Å². The number of nitrogens with zero attached hydrogens (tertiary/aromatic N) is 2. The predicted octanol–water partition coefficient (Wildman–Crippen LogP) is 4.16. The summed E-state index contributed by atoms with van der Waals surface area (Å²) in [5.41, 5.74) is 2.95. The highest BCUT2D eigenvalue weighted by Crippen LogP contribution is 2.42. The van der Waals surface area contributed by atoms with Crippen LogP contribution in [0, 0.1) is 18.3 Å². The lowest BCUT2D eigenvalue weighted by molar-refractivity contribution is 0.0601. The summed E-state index contributed by atoms with van der Waals surface area (Å²) in [7, 11) is 1.36. The van der Waals surface area contributed by atoms with Crippen LogP contribution in [-0.4, -0.2) is 23.6 Å². The van der Waals surface area contributed by atoms with E-state index in [-0.39, 0.29) is 0 Å². The Morgan fingerprint density at radius 2 is 1.93 bits per heavy atom. The van der Waals surface area contributed by atoms with Gasteiger partial charge in [-0.25, -0.2) is 9.59 Å². The maximum Gasteiger partial charge on any atom is 0.343 e. The van der Waals surface area contributed by atoms with E-state index >= 15 is 0 Å². The van der Waals surface area contributed by atoms with Gasteiger partial charge < -0.3 is 14.0 Å². The van der Waals surface area contributed by atoms with E-state index in [0.717, 1.165) is 24.1 Å². The van der Waals surface area contributed by atoms with Gasteiger partial charge in [0.05, 0.1) is 29.9 Å². The second-order valence-electron chi connectivity index (χ2n) is 6.81. The predicted molar refractivity (Wildman–Crippen MR) is 102 cm³/mol. The van der Waals surface area contributed by atoms with E-state index in [1.807, 2.05) is 19.1 Å². The van der Waals surface area contributed by atoms with E-state index in [1.54, 1.807) is 30.3 Å². The number of nitriles is 1. The molecular formula is C22H18N2O4. The minimum Gasteiger partial charge on any atom is -0.465 e. The summed E-state index contributed by atoms with van der Waals surface area (Å²) in [5, 5.41) is 9.69. The smallest absolute Gasteiger partial charge is 0.343 e. The Balaban J connectivity index is 1.74. The van der Waals surface area contributed by atoms with Gasteiger partial charge in [0.25, 0.3) is 0 Å². The van der Waals surface area contributed by atoms with Gasteiger partial charge >= 0.3 is 11.9 Å². The van der Waals surface area contributed by atoms with Crippen molar-refractivity contribution in [3.05, 3.63) is 64.8 Å². The quantitative estimate of drug-likeness (QED) is 0.506. The second-order valence-corrected chi connectivity index (χ2v) is 6.81. The first-order valence-corrected chi connectivity index (χ1v) is 8.98. The van der Waals surface area contributed by atoms with Crippen LogP contribution in [0.25, 0.3) is 10.9 Å². The van der Waals surface area contributed by atoms with Crippen molar-refractivity contribution in [2.45, 2.75) is 25.8 Å². The molecular weight excluding hydrogens is 356 g/mol. The minimum atomic E-state index is -0.561. The molecule has 6 heteroatoms. The third kappa shape index (κ3) is 3.01. The highest BCUT2D eigenvalue weighted by atomic mass is 16.5. The van der Waals surface area contributed by atoms with Gasteiger partial charge in [0.2, 0.25) is 0 Å². The van der Waals surface area contributed by atoms with Crippen LogP contribution in [-0.2, 0) is 4.74 Å². The summed E-state index contributed by atoms with van der Waals surface area (Å²) in [6.07, 6.45) is 2.16. The van der Waals surface area contributed by atoms with Gasteiger partial charge in [0.15, 0.2) is 0 Å². The van der Waals surface area contributed by atoms with Crippen LogP contribution in [0.1, 0.15) is 50.9 Å². The molecule has 0 N–H and O–H groups in total. The van der Waals surface area contributed by atoms with Gasteiger partial charge in [-0.05, 0) is 56.2 Å². The van der Waals surface area contributed by atoms with E-state index in [9.17, 15) is 9.59 Å². The number of rotatable bonds is 4. The minimum absolute atomic E-state index is 0.291. The van der Waals surface area contributed by atoms with E-state index in [1.165, 1.54) is 13.2 Å². The fourth-order valence-corrected chi connectivity index (χ4v) is 3.53. The molecule has 0 spiro atoms. The molecule has 3 aromatic rings. The third-order valence-corrected chi connectivity index (χ3v) is 4.96. The van der Waals surface area contributed by atoms with Crippen molar-refractivity contribution in [2.75, 3.05) is 7.11 Å². The fraction of sp³-hybridized carbons (Fsp3) is 0.227. The van der Waals surface area contributed by atoms with Crippen LogP contribution in [0.2, 0.25) is 0 Å². The topological polar surface area (TPSA) is 81.3 Å². The zero-order chi connectivity index (χ0) is 19.8. The van der Waals surface area contributed by atoms with Crippen LogP contribution in [0.15, 0.2) is 42.5 Å². The van der Waals surface area contributed by atoms with Crippen LogP contribution < -0.4 is 4.74 Å². The molecule has 1 aliphatic rings. The van der Waals surface area contributed by atoms with Gasteiger partial charge in [0, 0.05) is 22.6 Å². The van der Waals surface area contributed by atoms with E-state index in [2.05, 4.69) is 4.57 Å². The number of carbonyl (C=O) groups excluding carboxylic acids is 2. The lowest BCUT2D eigenvalue weighted by Crippen LogP contribution is -2.08. The standard InChI is InChI=1S/C22H18N2O4/c1-13-20(22(26)27-2)18-11-17(8-9-19(18)24(13)16-6-7-16)28-21(25)15-5-3-4-14(10-15)12-23/h3-5,8-11,16H,6-7H2,1-2H3. The first kappa shape index (κ1) is 17.8. The zero-order valence-corrected chi connectivity index (χ0v) is 15.6. The van der Waals surface area contributed by atoms with Gasteiger partial charge in [-0.2, -0.15) is 5.26 Å². The molecule has 4 rings (SSSR count). The average Bonchev–Trinajstić information content (AvgIpc) is 3.50. The normalized spacial score (nSPS) is 13.2. The molecule has 0 unspecified atom stereocenters. The van der Waals surface area contributed by atoms with E-state index in [0.29, 0.717) is 33.9 Å². The number of methoxy groups -OCH3 is 1. The molecule has 2 aromatic carbocycles. The number of benzene rings is 2. The van der Waals surface area contributed by atoms with Crippen molar-refractivity contribution in [3.8, 4) is 11.8 Å². The number of esters is 2. The summed E-state index contributed by atoms with van der Waals surface area (Å²) < 4.78 is 12.6. The SMILES string of the molecule is COC(=O)c1c(C)n(C2CC2)c2ccc(OC(=O)c3cccc(C#N)c3)cc12. The summed E-state index contributed by atoms with van der Waals surface area (Å²) in [5.74, 6) is -0.639. The molecule has 0 amide bonds. The summed E-state index contributed by atoms with van der Waals surface area (Å²) >= 11 is 0. The number of hydrogen-bond acceptors (Lipinski definition) is 5. The number of hydrogen-bond donors (Lipinski definition) is 0. The molecule has 1 aromatic heterocycles. The second kappa shape index (κ2) is 6.86. The Morgan fingerprint density at radius 1 is 1.14 bits per heavy atom. The highest BCUT2D eigenvalue weighted by Gasteiger charge is 2.30. The first-order chi connectivity index (χ1) is 13.5. The molecule has 0 aliphatic heterocycles. The average molecular weight is 374 g/mol. The van der Waals surface area contributed by atoms with Gasteiger partial charge in [-0.1, -0.05) is 6.07 Å². The Morgan fingerprint density at radius 3 is 2.61 bits per heavy atom. The van der Waals surface area contributed by atoms with Gasteiger partial charge in [-0.3, -0.25) is 0 Å². The van der Waals surface area contributed by atoms with Crippen molar-refractivity contribution in [1.82, 2.24) is 4.57 Å². The molecule has 1 heterocycles. The van der Waals surface area contributed by atoms with Crippen molar-refractivity contribution < 1.29 is 19.1 Å². The molecule has 0 bridgehead atoms. The maximum atomic E-state index is 12.5. The van der Waals surface area contributed by atoms with Gasteiger partial charge in [0.1, 0.15) is 5.75 Å². The highest BCUT2D eigenvalue weighted by molar-refractivity contribution is 6.06. The maximum absolute atomic E-state index is 12.5. The molecule has 0 saturated heterocycles. The Bertz CT molecular complexity index is 1150. The molecule has 1 saturated carbocycles. The summed E-state index contributed by atoms with van der Waals surface area (Å²) in [4.78, 5) is 24.8. The Kier molecular flexibility index (Phi) is 4.36. The monoisotopic (exact) mass is 374 g/mol. The Labute approximate surface area is 161 Å². The van der Waals surface area contributed by atoms with Crippen molar-refractivity contribution >= 4 is 22.8 Å². The summed E-state index contributed by atoms with van der Waals surface area (Å²) in [6, 6.07) is 14.0. The molecule has 1 fully saturated rings. The summed E-state index contributed by atoms with van der Waals surface area (Å²) in [6.45, 7) is 1.91. The lowest BCUT2D eigenvalue weighted by Gasteiger charge is -2.07. The zero-order valence-electron chi connectivity index (χ0n) is 15.6. The van der Waals surface area contributed by atoms with Crippen LogP contribution in [0.5, 0.6) is 5.75 Å². The lowest BCUT2D eigenvalue weighted by atomic mass is 10.1. The van der Waals surface area contributed by atoms with Crippen molar-refractivity contribution in [3.63, 3.8) is 0 Å². The van der Waals surface area contributed by atoms with Gasteiger partial charge in [-0.15, -0.1) is 0 Å². The molecule has 6 nitrogen and oxygen atoms in total. The third-order valence-electron chi connectivity index (χ3n) is 4.96. The van der Waals surface area contributed by atoms with E-state index in [4.69, 9.17) is 14.7 Å². The van der Waals surface area contributed by atoms with Crippen LogP contribution in [0.3, 0.4) is 0 Å². The van der Waals surface area contributed by atoms with Crippen LogP contribution in [0.4, 0.5) is 0 Å². The molecule has 0 atom stereocenters. The number of carbonyl (C=O) groups is 2. The number of fused-ring (bicyclic) bond motifs is 1. The largest absolute Gasteiger partial charge is 0.465 e.